The Labute approximate surface area is 180 Å². The van der Waals surface area contributed by atoms with Crippen molar-refractivity contribution in [3.8, 4) is 5.75 Å². The van der Waals surface area contributed by atoms with E-state index in [0.29, 0.717) is 12.1 Å². The van der Waals surface area contributed by atoms with Crippen molar-refractivity contribution >= 4 is 21.6 Å². The molecule has 0 fully saturated rings. The number of anilines is 1. The first-order chi connectivity index (χ1) is 14.2. The summed E-state index contributed by atoms with van der Waals surface area (Å²) in [6.07, 6.45) is 2.65. The van der Waals surface area contributed by atoms with Crippen LogP contribution in [0.4, 0.5) is 5.69 Å². The van der Waals surface area contributed by atoms with Crippen LogP contribution < -0.4 is 14.4 Å². The van der Waals surface area contributed by atoms with E-state index < -0.39 is 10.0 Å². The van der Waals surface area contributed by atoms with Crippen LogP contribution in [0.3, 0.4) is 0 Å². The molecule has 1 amide bonds. The summed E-state index contributed by atoms with van der Waals surface area (Å²) in [5, 5.41) is 3.05. The maximum atomic E-state index is 12.5. The molecule has 2 aromatic carbocycles. The molecule has 0 aliphatic rings. The first-order valence-electron chi connectivity index (χ1n) is 10.1. The lowest BCUT2D eigenvalue weighted by atomic mass is 10.0. The summed E-state index contributed by atoms with van der Waals surface area (Å²) < 4.78 is 31.3. The molecular formula is C23H32N2O4S. The number of methoxy groups -OCH3 is 1. The Kier molecular flexibility index (Phi) is 8.29. The highest BCUT2D eigenvalue weighted by Crippen LogP contribution is 2.25. The smallest absolute Gasteiger partial charge is 0.232 e. The summed E-state index contributed by atoms with van der Waals surface area (Å²) in [6, 6.07) is 13.3. The van der Waals surface area contributed by atoms with Crippen LogP contribution in [-0.4, -0.2) is 34.2 Å². The number of sulfonamides is 1. The molecule has 0 aliphatic carbocycles. The zero-order valence-corrected chi connectivity index (χ0v) is 19.3. The van der Waals surface area contributed by atoms with Gasteiger partial charge in [0.1, 0.15) is 5.75 Å². The summed E-state index contributed by atoms with van der Waals surface area (Å²) >= 11 is 0. The molecule has 7 heteroatoms. The van der Waals surface area contributed by atoms with Gasteiger partial charge >= 0.3 is 0 Å². The Bertz CT molecular complexity index is 956. The van der Waals surface area contributed by atoms with Gasteiger partial charge in [0.15, 0.2) is 0 Å². The second-order valence-corrected chi connectivity index (χ2v) is 9.44. The standard InChI is InChI=1S/C23H32N2O4S/c1-6-21(19-11-13-20(29-4)14-12-19)24-23(26)8-7-15-25(30(5,27)28)22-16-17(2)9-10-18(22)3/h9-14,16,21H,6-8,15H2,1-5H3,(H,24,26). The maximum absolute atomic E-state index is 12.5. The number of rotatable bonds is 10. The Hall–Kier alpha value is -2.54. The lowest BCUT2D eigenvalue weighted by Gasteiger charge is -2.25. The molecule has 0 saturated heterocycles. The minimum atomic E-state index is -3.44. The van der Waals surface area contributed by atoms with Crippen molar-refractivity contribution in [1.29, 1.82) is 0 Å². The summed E-state index contributed by atoms with van der Waals surface area (Å²) in [6.45, 7) is 6.10. The van der Waals surface area contributed by atoms with Crippen LogP contribution in [0, 0.1) is 13.8 Å². The molecule has 164 valence electrons. The van der Waals surface area contributed by atoms with Gasteiger partial charge in [0.25, 0.3) is 0 Å². The summed E-state index contributed by atoms with van der Waals surface area (Å²) in [5.41, 5.74) is 3.57. The number of aryl methyl sites for hydroxylation is 2. The van der Waals surface area contributed by atoms with Crippen LogP contribution >= 0.6 is 0 Å². The van der Waals surface area contributed by atoms with Gasteiger partial charge in [0, 0.05) is 13.0 Å². The van der Waals surface area contributed by atoms with Crippen molar-refractivity contribution < 1.29 is 17.9 Å². The fraction of sp³-hybridized carbons (Fsp3) is 0.435. The first kappa shape index (κ1) is 23.7. The molecular weight excluding hydrogens is 400 g/mol. The molecule has 2 aromatic rings. The Morgan fingerprint density at radius 2 is 1.80 bits per heavy atom. The number of carbonyl (C=O) groups excluding carboxylic acids is 1. The van der Waals surface area contributed by atoms with Crippen LogP contribution in [0.25, 0.3) is 0 Å². The molecule has 30 heavy (non-hydrogen) atoms. The van der Waals surface area contributed by atoms with Crippen molar-refractivity contribution in [2.75, 3.05) is 24.2 Å². The van der Waals surface area contributed by atoms with Crippen LogP contribution in [0.5, 0.6) is 5.75 Å². The van der Waals surface area contributed by atoms with Gasteiger partial charge in [-0.15, -0.1) is 0 Å². The third-order valence-corrected chi connectivity index (χ3v) is 6.24. The number of nitrogens with zero attached hydrogens (tertiary/aromatic N) is 1. The van der Waals surface area contributed by atoms with Crippen LogP contribution in [-0.2, 0) is 14.8 Å². The molecule has 0 spiro atoms. The lowest BCUT2D eigenvalue weighted by Crippen LogP contribution is -2.33. The molecule has 1 atom stereocenters. The number of amides is 1. The van der Waals surface area contributed by atoms with Crippen molar-refractivity contribution in [3.05, 3.63) is 59.2 Å². The van der Waals surface area contributed by atoms with E-state index in [1.807, 2.05) is 63.2 Å². The highest BCUT2D eigenvalue weighted by atomic mass is 32.2. The van der Waals surface area contributed by atoms with Crippen molar-refractivity contribution in [2.24, 2.45) is 0 Å². The average molecular weight is 433 g/mol. The molecule has 0 saturated carbocycles. The zero-order chi connectivity index (χ0) is 22.3. The zero-order valence-electron chi connectivity index (χ0n) is 18.4. The maximum Gasteiger partial charge on any atom is 0.232 e. The van der Waals surface area contributed by atoms with Gasteiger partial charge in [0.05, 0.1) is 25.1 Å². The van der Waals surface area contributed by atoms with Gasteiger partial charge in [-0.25, -0.2) is 8.42 Å². The van der Waals surface area contributed by atoms with E-state index in [9.17, 15) is 13.2 Å². The lowest BCUT2D eigenvalue weighted by molar-refractivity contribution is -0.121. The van der Waals surface area contributed by atoms with E-state index >= 15 is 0 Å². The number of hydrogen-bond donors (Lipinski definition) is 1. The Morgan fingerprint density at radius 1 is 1.13 bits per heavy atom. The number of carbonyl (C=O) groups is 1. The number of nitrogens with one attached hydrogen (secondary N) is 1. The van der Waals surface area contributed by atoms with Gasteiger partial charge in [-0.1, -0.05) is 31.2 Å². The van der Waals surface area contributed by atoms with Crippen LogP contribution in [0.15, 0.2) is 42.5 Å². The fourth-order valence-corrected chi connectivity index (χ4v) is 4.37. The number of ether oxygens (including phenoxy) is 1. The van der Waals surface area contributed by atoms with Crippen molar-refractivity contribution in [3.63, 3.8) is 0 Å². The monoisotopic (exact) mass is 432 g/mol. The second-order valence-electron chi connectivity index (χ2n) is 7.53. The molecule has 0 bridgehead atoms. The van der Waals surface area contributed by atoms with E-state index in [-0.39, 0.29) is 24.9 Å². The predicted molar refractivity (Wildman–Crippen MR) is 122 cm³/mol. The molecule has 0 radical (unpaired) electrons. The van der Waals surface area contributed by atoms with Crippen LogP contribution in [0.1, 0.15) is 48.9 Å². The third kappa shape index (κ3) is 6.49. The van der Waals surface area contributed by atoms with Gasteiger partial charge in [-0.2, -0.15) is 0 Å². The van der Waals surface area contributed by atoms with Gasteiger partial charge < -0.3 is 10.1 Å². The minimum Gasteiger partial charge on any atom is -0.497 e. The fourth-order valence-electron chi connectivity index (χ4n) is 3.36. The highest BCUT2D eigenvalue weighted by molar-refractivity contribution is 7.92. The van der Waals surface area contributed by atoms with Crippen LogP contribution in [0.2, 0.25) is 0 Å². The predicted octanol–water partition coefficient (Wildman–Crippen LogP) is 4.13. The Balaban J connectivity index is 2.00. The Morgan fingerprint density at radius 3 is 2.37 bits per heavy atom. The summed E-state index contributed by atoms with van der Waals surface area (Å²) in [7, 11) is -1.83. The van der Waals surface area contributed by atoms with Crippen molar-refractivity contribution in [1.82, 2.24) is 5.32 Å². The molecule has 0 aromatic heterocycles. The minimum absolute atomic E-state index is 0.0894. The summed E-state index contributed by atoms with van der Waals surface area (Å²) in [4.78, 5) is 12.5. The average Bonchev–Trinajstić information content (AvgIpc) is 2.70. The van der Waals surface area contributed by atoms with E-state index in [1.54, 1.807) is 7.11 Å². The molecule has 6 nitrogen and oxygen atoms in total. The van der Waals surface area contributed by atoms with E-state index in [1.165, 1.54) is 10.6 Å². The van der Waals surface area contributed by atoms with Gasteiger partial charge in [-0.3, -0.25) is 9.10 Å². The molecule has 1 unspecified atom stereocenters. The third-order valence-electron chi connectivity index (χ3n) is 5.06. The second kappa shape index (κ2) is 10.5. The van der Waals surface area contributed by atoms with E-state index in [2.05, 4.69) is 5.32 Å². The number of hydrogen-bond acceptors (Lipinski definition) is 4. The summed E-state index contributed by atoms with van der Waals surface area (Å²) in [5.74, 6) is 0.680. The molecule has 0 aliphatic heterocycles. The van der Waals surface area contributed by atoms with Gasteiger partial charge in [0.2, 0.25) is 15.9 Å². The topological polar surface area (TPSA) is 75.7 Å². The normalized spacial score (nSPS) is 12.3. The molecule has 1 N–H and O–H groups in total. The van der Waals surface area contributed by atoms with E-state index in [4.69, 9.17) is 4.74 Å². The van der Waals surface area contributed by atoms with Gasteiger partial charge in [-0.05, 0) is 61.6 Å². The molecule has 2 rings (SSSR count). The first-order valence-corrected chi connectivity index (χ1v) is 12.0. The molecule has 0 heterocycles. The highest BCUT2D eigenvalue weighted by Gasteiger charge is 2.20. The largest absolute Gasteiger partial charge is 0.497 e. The van der Waals surface area contributed by atoms with Crippen molar-refractivity contribution in [2.45, 2.75) is 46.1 Å². The van der Waals surface area contributed by atoms with E-state index in [0.717, 1.165) is 28.9 Å². The quantitative estimate of drug-likeness (QED) is 0.613. The SMILES string of the molecule is CCC(NC(=O)CCCN(c1cc(C)ccc1C)S(C)(=O)=O)c1ccc(OC)cc1. The number of benzene rings is 2.